The van der Waals surface area contributed by atoms with Crippen LogP contribution in [-0.4, -0.2) is 25.5 Å². The summed E-state index contributed by atoms with van der Waals surface area (Å²) in [5.74, 6) is -1.15. The number of carbonyl (C=O) groups is 1. The monoisotopic (exact) mass is 361 g/mol. The van der Waals surface area contributed by atoms with Gasteiger partial charge >= 0.3 is 5.97 Å². The maximum atomic E-state index is 12.4. The Morgan fingerprint density at radius 1 is 1.25 bits per heavy atom. The quantitative estimate of drug-likeness (QED) is 0.863. The molecule has 1 aliphatic carbocycles. The van der Waals surface area contributed by atoms with E-state index in [1.54, 1.807) is 0 Å². The summed E-state index contributed by atoms with van der Waals surface area (Å²) in [5.41, 5.74) is -0.0442. The Labute approximate surface area is 126 Å². The van der Waals surface area contributed by atoms with Gasteiger partial charge in [0.1, 0.15) is 0 Å². The van der Waals surface area contributed by atoms with Gasteiger partial charge in [-0.05, 0) is 47.0 Å². The fourth-order valence-electron chi connectivity index (χ4n) is 2.35. The predicted octanol–water partition coefficient (Wildman–Crippen LogP) is 2.76. The number of benzene rings is 1. The molecule has 0 amide bonds. The Morgan fingerprint density at radius 2 is 1.90 bits per heavy atom. The number of aromatic carboxylic acids is 1. The molecule has 0 heterocycles. The molecule has 0 aromatic heterocycles. The predicted molar refractivity (Wildman–Crippen MR) is 78.3 cm³/mol. The minimum atomic E-state index is -3.71. The fraction of sp³-hybridized carbons (Fsp3) is 0.462. The summed E-state index contributed by atoms with van der Waals surface area (Å²) in [5, 5.41) is 8.96. The Hall–Kier alpha value is -0.920. The van der Waals surface area contributed by atoms with Crippen LogP contribution in [0.3, 0.4) is 0 Å². The van der Waals surface area contributed by atoms with Gasteiger partial charge in [-0.15, -0.1) is 0 Å². The van der Waals surface area contributed by atoms with Crippen molar-refractivity contribution in [3.05, 3.63) is 28.2 Å². The SMILES string of the molecule is O=C(O)c1ccc(Br)c(S(=O)(=O)NC2CCCCC2)c1. The maximum absolute atomic E-state index is 12.4. The van der Waals surface area contributed by atoms with Crippen LogP contribution in [0.15, 0.2) is 27.6 Å². The average Bonchev–Trinajstić information content (AvgIpc) is 2.39. The number of hydrogen-bond acceptors (Lipinski definition) is 3. The van der Waals surface area contributed by atoms with Crippen molar-refractivity contribution >= 4 is 31.9 Å². The molecule has 0 radical (unpaired) electrons. The highest BCUT2D eigenvalue weighted by atomic mass is 79.9. The second kappa shape index (κ2) is 6.24. The maximum Gasteiger partial charge on any atom is 0.335 e. The summed E-state index contributed by atoms with van der Waals surface area (Å²) >= 11 is 3.17. The number of sulfonamides is 1. The summed E-state index contributed by atoms with van der Waals surface area (Å²) in [6.07, 6.45) is 4.83. The zero-order valence-electron chi connectivity index (χ0n) is 10.8. The molecule has 0 aliphatic heterocycles. The van der Waals surface area contributed by atoms with Gasteiger partial charge in [-0.25, -0.2) is 17.9 Å². The Kier molecular flexibility index (Phi) is 4.82. The third-order valence-electron chi connectivity index (χ3n) is 3.39. The molecular weight excluding hydrogens is 346 g/mol. The third kappa shape index (κ3) is 3.59. The lowest BCUT2D eigenvalue weighted by atomic mass is 9.96. The van der Waals surface area contributed by atoms with E-state index in [2.05, 4.69) is 20.7 Å². The van der Waals surface area contributed by atoms with Crippen molar-refractivity contribution in [3.8, 4) is 0 Å². The van der Waals surface area contributed by atoms with E-state index < -0.39 is 16.0 Å². The second-order valence-electron chi connectivity index (χ2n) is 4.91. The summed E-state index contributed by atoms with van der Waals surface area (Å²) in [6, 6.07) is 3.93. The van der Waals surface area contributed by atoms with Crippen molar-refractivity contribution in [1.82, 2.24) is 4.72 Å². The molecule has 1 aliphatic rings. The molecule has 0 unspecified atom stereocenters. The molecule has 110 valence electrons. The van der Waals surface area contributed by atoms with E-state index in [0.29, 0.717) is 4.47 Å². The van der Waals surface area contributed by atoms with Crippen molar-refractivity contribution in [3.63, 3.8) is 0 Å². The average molecular weight is 362 g/mol. The zero-order valence-corrected chi connectivity index (χ0v) is 13.2. The first-order chi connectivity index (χ1) is 9.40. The van der Waals surface area contributed by atoms with E-state index in [1.165, 1.54) is 18.2 Å². The van der Waals surface area contributed by atoms with Crippen molar-refractivity contribution in [1.29, 1.82) is 0 Å². The van der Waals surface area contributed by atoms with Crippen molar-refractivity contribution in [2.45, 2.75) is 43.0 Å². The summed E-state index contributed by atoms with van der Waals surface area (Å²) < 4.78 is 27.8. The van der Waals surface area contributed by atoms with E-state index in [0.717, 1.165) is 32.1 Å². The highest BCUT2D eigenvalue weighted by molar-refractivity contribution is 9.10. The van der Waals surface area contributed by atoms with E-state index in [9.17, 15) is 13.2 Å². The standard InChI is InChI=1S/C13H16BrNO4S/c14-11-7-6-9(13(16)17)8-12(11)20(18,19)15-10-4-2-1-3-5-10/h6-8,10,15H,1-5H2,(H,16,17). The first kappa shape index (κ1) is 15.5. The molecule has 1 saturated carbocycles. The molecule has 0 bridgehead atoms. The van der Waals surface area contributed by atoms with Crippen LogP contribution in [0.2, 0.25) is 0 Å². The van der Waals surface area contributed by atoms with Crippen LogP contribution >= 0.6 is 15.9 Å². The number of halogens is 1. The van der Waals surface area contributed by atoms with Crippen LogP contribution in [0.1, 0.15) is 42.5 Å². The molecule has 0 spiro atoms. The van der Waals surface area contributed by atoms with Crippen molar-refractivity contribution < 1.29 is 18.3 Å². The van der Waals surface area contributed by atoms with Gasteiger partial charge in [0.15, 0.2) is 0 Å². The number of hydrogen-bond donors (Lipinski definition) is 2. The number of carboxylic acids is 1. The topological polar surface area (TPSA) is 83.5 Å². The van der Waals surface area contributed by atoms with Gasteiger partial charge in [0.25, 0.3) is 0 Å². The molecule has 20 heavy (non-hydrogen) atoms. The fourth-order valence-corrected chi connectivity index (χ4v) is 4.64. The van der Waals surface area contributed by atoms with Crippen LogP contribution in [0, 0.1) is 0 Å². The van der Waals surface area contributed by atoms with Gasteiger partial charge in [-0.2, -0.15) is 0 Å². The van der Waals surface area contributed by atoms with Gasteiger partial charge in [-0.3, -0.25) is 0 Å². The van der Waals surface area contributed by atoms with E-state index in [-0.39, 0.29) is 16.5 Å². The Balaban J connectivity index is 2.28. The van der Waals surface area contributed by atoms with Gasteiger partial charge in [0.2, 0.25) is 10.0 Å². The summed E-state index contributed by atoms with van der Waals surface area (Å²) in [4.78, 5) is 10.9. The highest BCUT2D eigenvalue weighted by Crippen LogP contribution is 2.25. The van der Waals surface area contributed by atoms with Crippen LogP contribution in [0.25, 0.3) is 0 Å². The molecular formula is C13H16BrNO4S. The summed E-state index contributed by atoms with van der Waals surface area (Å²) in [7, 11) is -3.71. The number of nitrogens with one attached hydrogen (secondary N) is 1. The van der Waals surface area contributed by atoms with Crippen LogP contribution in [0.4, 0.5) is 0 Å². The molecule has 0 saturated heterocycles. The van der Waals surface area contributed by atoms with E-state index >= 15 is 0 Å². The van der Waals surface area contributed by atoms with Crippen molar-refractivity contribution in [2.75, 3.05) is 0 Å². The third-order valence-corrected chi connectivity index (χ3v) is 5.91. The van der Waals surface area contributed by atoms with Crippen LogP contribution in [-0.2, 0) is 10.0 Å². The molecule has 2 N–H and O–H groups in total. The smallest absolute Gasteiger partial charge is 0.335 e. The zero-order chi connectivity index (χ0) is 14.8. The minimum absolute atomic E-state index is 0.0250. The Bertz CT molecular complexity index is 609. The first-order valence-electron chi connectivity index (χ1n) is 6.45. The first-order valence-corrected chi connectivity index (χ1v) is 8.73. The molecule has 7 heteroatoms. The lowest BCUT2D eigenvalue weighted by molar-refractivity contribution is 0.0696. The lowest BCUT2D eigenvalue weighted by Crippen LogP contribution is -2.36. The molecule has 1 aromatic rings. The van der Waals surface area contributed by atoms with Crippen LogP contribution in [0.5, 0.6) is 0 Å². The molecule has 2 rings (SSSR count). The molecule has 0 atom stereocenters. The minimum Gasteiger partial charge on any atom is -0.478 e. The highest BCUT2D eigenvalue weighted by Gasteiger charge is 2.24. The largest absolute Gasteiger partial charge is 0.478 e. The number of carboxylic acid groups (broad SMARTS) is 1. The number of rotatable bonds is 4. The lowest BCUT2D eigenvalue weighted by Gasteiger charge is -2.23. The van der Waals surface area contributed by atoms with Crippen molar-refractivity contribution in [2.24, 2.45) is 0 Å². The van der Waals surface area contributed by atoms with Crippen LogP contribution < -0.4 is 4.72 Å². The van der Waals surface area contributed by atoms with E-state index in [4.69, 9.17) is 5.11 Å². The molecule has 1 fully saturated rings. The second-order valence-corrected chi connectivity index (χ2v) is 7.44. The van der Waals surface area contributed by atoms with Gasteiger partial charge in [0.05, 0.1) is 10.5 Å². The van der Waals surface area contributed by atoms with Gasteiger partial charge in [-0.1, -0.05) is 19.3 Å². The Morgan fingerprint density at radius 3 is 2.50 bits per heavy atom. The molecule has 1 aromatic carbocycles. The van der Waals surface area contributed by atoms with Gasteiger partial charge in [0, 0.05) is 10.5 Å². The molecule has 5 nitrogen and oxygen atoms in total. The normalized spacial score (nSPS) is 17.1. The van der Waals surface area contributed by atoms with Gasteiger partial charge < -0.3 is 5.11 Å². The summed E-state index contributed by atoms with van der Waals surface area (Å²) in [6.45, 7) is 0. The van der Waals surface area contributed by atoms with E-state index in [1.807, 2.05) is 0 Å².